The van der Waals surface area contributed by atoms with E-state index in [0.29, 0.717) is 12.5 Å². The van der Waals surface area contributed by atoms with Crippen LogP contribution in [0.1, 0.15) is 56.5 Å². The van der Waals surface area contributed by atoms with E-state index in [1.54, 1.807) is 6.07 Å². The number of aromatic amines is 1. The van der Waals surface area contributed by atoms with Crippen LogP contribution in [0.25, 0.3) is 0 Å². The van der Waals surface area contributed by atoms with Crippen molar-refractivity contribution in [2.24, 2.45) is 11.8 Å². The topological polar surface area (TPSA) is 57.8 Å². The summed E-state index contributed by atoms with van der Waals surface area (Å²) in [6, 6.07) is 1.62. The molecule has 0 amide bonds. The largest absolute Gasteiger partial charge is 0.311 e. The minimum Gasteiger partial charge on any atom is -0.311 e. The van der Waals surface area contributed by atoms with E-state index in [2.05, 4.69) is 22.2 Å². The average molecular weight is 261 g/mol. The Kier molecular flexibility index (Phi) is 3.69. The van der Waals surface area contributed by atoms with Gasteiger partial charge in [0.1, 0.15) is 5.82 Å². The van der Waals surface area contributed by atoms with Crippen molar-refractivity contribution in [2.45, 2.75) is 51.5 Å². The predicted molar refractivity (Wildman–Crippen MR) is 75.0 cm³/mol. The number of rotatable bonds is 5. The summed E-state index contributed by atoms with van der Waals surface area (Å²) in [7, 11) is 0. The summed E-state index contributed by atoms with van der Waals surface area (Å²) in [5.74, 6) is 3.07. The van der Waals surface area contributed by atoms with Crippen molar-refractivity contribution in [3.8, 4) is 0 Å². The third-order valence-electron chi connectivity index (χ3n) is 4.64. The highest BCUT2D eigenvalue weighted by molar-refractivity contribution is 5.11. The fourth-order valence-corrected chi connectivity index (χ4v) is 3.77. The summed E-state index contributed by atoms with van der Waals surface area (Å²) < 4.78 is 0. The van der Waals surface area contributed by atoms with Crippen LogP contribution < -0.4 is 10.9 Å². The maximum absolute atomic E-state index is 11.8. The number of hydrogen-bond acceptors (Lipinski definition) is 3. The van der Waals surface area contributed by atoms with Gasteiger partial charge in [-0.05, 0) is 44.1 Å². The van der Waals surface area contributed by atoms with Gasteiger partial charge < -0.3 is 10.3 Å². The third-order valence-corrected chi connectivity index (χ3v) is 4.64. The van der Waals surface area contributed by atoms with Gasteiger partial charge in [0, 0.05) is 18.5 Å². The first kappa shape index (κ1) is 12.9. The zero-order chi connectivity index (χ0) is 13.2. The summed E-state index contributed by atoms with van der Waals surface area (Å²) in [6.07, 6.45) is 6.36. The van der Waals surface area contributed by atoms with Crippen LogP contribution in [0.3, 0.4) is 0 Å². The SMILES string of the molecule is CCCNCc1cc(=O)[nH]c(C2CC3CCC2C3)n1. The van der Waals surface area contributed by atoms with E-state index in [9.17, 15) is 4.79 Å². The van der Waals surface area contributed by atoms with E-state index in [-0.39, 0.29) is 5.56 Å². The van der Waals surface area contributed by atoms with Gasteiger partial charge in [0.2, 0.25) is 0 Å². The molecule has 1 aromatic rings. The molecule has 0 spiro atoms. The molecule has 2 aliphatic carbocycles. The Morgan fingerprint density at radius 3 is 3.00 bits per heavy atom. The average Bonchev–Trinajstić information content (AvgIpc) is 3.00. The van der Waals surface area contributed by atoms with Crippen LogP contribution >= 0.6 is 0 Å². The maximum Gasteiger partial charge on any atom is 0.251 e. The fraction of sp³-hybridized carbons (Fsp3) is 0.733. The van der Waals surface area contributed by atoms with Crippen molar-refractivity contribution in [2.75, 3.05) is 6.54 Å². The van der Waals surface area contributed by atoms with Gasteiger partial charge in [-0.1, -0.05) is 13.3 Å². The van der Waals surface area contributed by atoms with Crippen molar-refractivity contribution in [1.29, 1.82) is 0 Å². The fourth-order valence-electron chi connectivity index (χ4n) is 3.77. The molecule has 2 aliphatic rings. The molecule has 0 radical (unpaired) electrons. The van der Waals surface area contributed by atoms with Gasteiger partial charge in [0.25, 0.3) is 5.56 Å². The molecule has 3 unspecified atom stereocenters. The van der Waals surface area contributed by atoms with Crippen LogP contribution in [0.15, 0.2) is 10.9 Å². The Balaban J connectivity index is 1.76. The molecule has 0 saturated heterocycles. The smallest absolute Gasteiger partial charge is 0.251 e. The molecule has 2 saturated carbocycles. The molecule has 1 heterocycles. The highest BCUT2D eigenvalue weighted by atomic mass is 16.1. The summed E-state index contributed by atoms with van der Waals surface area (Å²) in [5.41, 5.74) is 0.885. The molecule has 2 fully saturated rings. The van der Waals surface area contributed by atoms with Crippen molar-refractivity contribution in [1.82, 2.24) is 15.3 Å². The molecule has 19 heavy (non-hydrogen) atoms. The third kappa shape index (κ3) is 2.73. The zero-order valence-electron chi connectivity index (χ0n) is 11.6. The molecular weight excluding hydrogens is 238 g/mol. The lowest BCUT2D eigenvalue weighted by atomic mass is 9.88. The Morgan fingerprint density at radius 2 is 2.32 bits per heavy atom. The van der Waals surface area contributed by atoms with E-state index in [1.807, 2.05) is 0 Å². The van der Waals surface area contributed by atoms with E-state index in [0.717, 1.165) is 36.3 Å². The second kappa shape index (κ2) is 5.45. The van der Waals surface area contributed by atoms with Gasteiger partial charge in [-0.25, -0.2) is 4.98 Å². The number of nitrogens with zero attached hydrogens (tertiary/aromatic N) is 1. The Morgan fingerprint density at radius 1 is 1.42 bits per heavy atom. The van der Waals surface area contributed by atoms with Crippen LogP contribution in [-0.2, 0) is 6.54 Å². The highest BCUT2D eigenvalue weighted by Gasteiger charge is 2.41. The van der Waals surface area contributed by atoms with Gasteiger partial charge in [-0.2, -0.15) is 0 Å². The quantitative estimate of drug-likeness (QED) is 0.799. The van der Waals surface area contributed by atoms with E-state index < -0.39 is 0 Å². The van der Waals surface area contributed by atoms with Crippen molar-refractivity contribution < 1.29 is 0 Å². The monoisotopic (exact) mass is 261 g/mol. The van der Waals surface area contributed by atoms with Gasteiger partial charge in [0.05, 0.1) is 5.69 Å². The number of nitrogens with one attached hydrogen (secondary N) is 2. The first-order chi connectivity index (χ1) is 9.26. The molecule has 4 heteroatoms. The summed E-state index contributed by atoms with van der Waals surface area (Å²) in [4.78, 5) is 19.4. The number of hydrogen-bond donors (Lipinski definition) is 2. The van der Waals surface area contributed by atoms with Gasteiger partial charge in [-0.3, -0.25) is 4.79 Å². The molecule has 1 aromatic heterocycles. The lowest BCUT2D eigenvalue weighted by Gasteiger charge is -2.20. The molecule has 0 aliphatic heterocycles. The van der Waals surface area contributed by atoms with Crippen molar-refractivity contribution >= 4 is 0 Å². The minimum atomic E-state index is 0.000993. The predicted octanol–water partition coefficient (Wildman–Crippen LogP) is 2.17. The molecule has 4 nitrogen and oxygen atoms in total. The first-order valence-corrected chi connectivity index (χ1v) is 7.57. The highest BCUT2D eigenvalue weighted by Crippen LogP contribution is 2.51. The van der Waals surface area contributed by atoms with Crippen LogP contribution in [-0.4, -0.2) is 16.5 Å². The summed E-state index contributed by atoms with van der Waals surface area (Å²) >= 11 is 0. The van der Waals surface area contributed by atoms with Crippen LogP contribution in [0.4, 0.5) is 0 Å². The standard InChI is InChI=1S/C15H23N3O/c1-2-5-16-9-12-8-14(19)18-15(17-12)13-7-10-3-4-11(13)6-10/h8,10-11,13,16H,2-7,9H2,1H3,(H,17,18,19). The molecule has 104 valence electrons. The van der Waals surface area contributed by atoms with Crippen LogP contribution in [0, 0.1) is 11.8 Å². The van der Waals surface area contributed by atoms with Crippen molar-refractivity contribution in [3.05, 3.63) is 27.9 Å². The lowest BCUT2D eigenvalue weighted by Crippen LogP contribution is -2.22. The Labute approximate surface area is 114 Å². The van der Waals surface area contributed by atoms with Gasteiger partial charge in [0.15, 0.2) is 0 Å². The number of fused-ring (bicyclic) bond motifs is 2. The molecular formula is C15H23N3O. The normalized spacial score (nSPS) is 29.0. The van der Waals surface area contributed by atoms with E-state index in [1.165, 1.54) is 25.7 Å². The summed E-state index contributed by atoms with van der Waals surface area (Å²) in [6.45, 7) is 3.81. The molecule has 0 aromatic carbocycles. The van der Waals surface area contributed by atoms with E-state index >= 15 is 0 Å². The maximum atomic E-state index is 11.8. The van der Waals surface area contributed by atoms with Crippen LogP contribution in [0.5, 0.6) is 0 Å². The lowest BCUT2D eigenvalue weighted by molar-refractivity contribution is 0.403. The summed E-state index contributed by atoms with van der Waals surface area (Å²) in [5, 5.41) is 3.32. The van der Waals surface area contributed by atoms with Gasteiger partial charge in [-0.15, -0.1) is 0 Å². The van der Waals surface area contributed by atoms with Gasteiger partial charge >= 0.3 is 0 Å². The second-order valence-corrected chi connectivity index (χ2v) is 6.08. The van der Waals surface area contributed by atoms with Crippen molar-refractivity contribution in [3.63, 3.8) is 0 Å². The molecule has 3 rings (SSSR count). The molecule has 2 N–H and O–H groups in total. The van der Waals surface area contributed by atoms with Crippen LogP contribution in [0.2, 0.25) is 0 Å². The Hall–Kier alpha value is -1.16. The number of aromatic nitrogens is 2. The molecule has 2 bridgehead atoms. The second-order valence-electron chi connectivity index (χ2n) is 6.08. The zero-order valence-corrected chi connectivity index (χ0v) is 11.6. The van der Waals surface area contributed by atoms with E-state index in [4.69, 9.17) is 0 Å². The minimum absolute atomic E-state index is 0.000993. The Bertz CT molecular complexity index is 496. The first-order valence-electron chi connectivity index (χ1n) is 7.57. The number of H-pyrrole nitrogens is 1. The molecule has 3 atom stereocenters.